The van der Waals surface area contributed by atoms with Gasteiger partial charge in [0.15, 0.2) is 5.96 Å². The van der Waals surface area contributed by atoms with Crippen LogP contribution < -0.4 is 49.1 Å². The first-order chi connectivity index (χ1) is 21.9. The minimum absolute atomic E-state index is 0.122. The SMILES string of the molecule is CC(=O)N[C@@H](CO)CC(=O)N[C@@H](CNC(=O)[C@H](CC(=O)O)NC(=O)CNC(=O)[C@@H](N)CCCN=C(N)N)CC(=O)N[C@@H](C)CC(=O)O. The van der Waals surface area contributed by atoms with Gasteiger partial charge in [-0.25, -0.2) is 0 Å². The lowest BCUT2D eigenvalue weighted by atomic mass is 10.1. The molecule has 21 heteroatoms. The lowest BCUT2D eigenvalue weighted by Crippen LogP contribution is -2.54. The highest BCUT2D eigenvalue weighted by Crippen LogP contribution is 2.01. The Kier molecular flexibility index (Phi) is 20.0. The number of rotatable bonds is 23. The van der Waals surface area contributed by atoms with Crippen LogP contribution >= 0.6 is 0 Å². The Morgan fingerprint density at radius 1 is 0.745 bits per heavy atom. The van der Waals surface area contributed by atoms with Crippen LogP contribution in [0.4, 0.5) is 0 Å². The molecule has 0 aromatic rings. The zero-order valence-corrected chi connectivity index (χ0v) is 26.2. The summed E-state index contributed by atoms with van der Waals surface area (Å²) in [5.74, 6) is -7.31. The second-order valence-electron chi connectivity index (χ2n) is 10.6. The number of nitrogens with two attached hydrogens (primary N) is 3. The number of aliphatic carboxylic acids is 2. The predicted octanol–water partition coefficient (Wildman–Crippen LogP) is -5.70. The van der Waals surface area contributed by atoms with Gasteiger partial charge in [0.05, 0.1) is 44.1 Å². The van der Waals surface area contributed by atoms with Crippen molar-refractivity contribution in [3.63, 3.8) is 0 Å². The van der Waals surface area contributed by atoms with Crippen LogP contribution in [-0.2, 0) is 38.4 Å². The molecule has 0 fully saturated rings. The van der Waals surface area contributed by atoms with Crippen molar-refractivity contribution in [1.82, 2.24) is 31.9 Å². The van der Waals surface area contributed by atoms with Crippen LogP contribution in [0, 0.1) is 0 Å². The molecule has 21 nitrogen and oxygen atoms in total. The molecule has 0 spiro atoms. The molecule has 0 aliphatic carbocycles. The minimum Gasteiger partial charge on any atom is -0.481 e. The van der Waals surface area contributed by atoms with Crippen molar-refractivity contribution in [2.75, 3.05) is 26.2 Å². The number of nitrogens with one attached hydrogen (secondary N) is 6. The van der Waals surface area contributed by atoms with Crippen LogP contribution in [0.2, 0.25) is 0 Å². The van der Waals surface area contributed by atoms with Crippen molar-refractivity contribution in [2.45, 2.75) is 82.6 Å². The number of aliphatic imine (C=N–C) groups is 1. The van der Waals surface area contributed by atoms with E-state index in [0.717, 1.165) is 0 Å². The van der Waals surface area contributed by atoms with Crippen molar-refractivity contribution < 1.29 is 53.7 Å². The molecule has 0 bridgehead atoms. The van der Waals surface area contributed by atoms with E-state index >= 15 is 0 Å². The predicted molar refractivity (Wildman–Crippen MR) is 164 cm³/mol. The highest BCUT2D eigenvalue weighted by atomic mass is 16.4. The summed E-state index contributed by atoms with van der Waals surface area (Å²) < 4.78 is 0. The average Bonchev–Trinajstić information content (AvgIpc) is 2.94. The molecule has 5 atom stereocenters. The van der Waals surface area contributed by atoms with Crippen molar-refractivity contribution in [3.05, 3.63) is 0 Å². The molecule has 0 aliphatic heterocycles. The average molecular weight is 675 g/mol. The molecule has 47 heavy (non-hydrogen) atoms. The van der Waals surface area contributed by atoms with Gasteiger partial charge in [-0.05, 0) is 19.8 Å². The van der Waals surface area contributed by atoms with Crippen molar-refractivity contribution >= 4 is 53.3 Å². The van der Waals surface area contributed by atoms with Crippen molar-refractivity contribution in [1.29, 1.82) is 0 Å². The minimum atomic E-state index is -1.63. The van der Waals surface area contributed by atoms with E-state index in [4.69, 9.17) is 22.3 Å². The highest BCUT2D eigenvalue weighted by Gasteiger charge is 2.27. The summed E-state index contributed by atoms with van der Waals surface area (Å²) >= 11 is 0. The Balaban J connectivity index is 5.41. The van der Waals surface area contributed by atoms with E-state index in [0.29, 0.717) is 6.42 Å². The number of nitrogens with zero attached hydrogens (tertiary/aromatic N) is 1. The molecule has 0 aromatic carbocycles. The van der Waals surface area contributed by atoms with Gasteiger partial charge in [0.2, 0.25) is 35.4 Å². The smallest absolute Gasteiger partial charge is 0.305 e. The zero-order valence-electron chi connectivity index (χ0n) is 26.2. The van der Waals surface area contributed by atoms with Gasteiger partial charge in [-0.2, -0.15) is 0 Å². The van der Waals surface area contributed by atoms with Crippen LogP contribution in [0.15, 0.2) is 4.99 Å². The summed E-state index contributed by atoms with van der Waals surface area (Å²) in [5, 5.41) is 41.7. The molecule has 15 N–H and O–H groups in total. The fourth-order valence-corrected chi connectivity index (χ4v) is 3.93. The summed E-state index contributed by atoms with van der Waals surface area (Å²) in [5.41, 5.74) is 16.2. The Morgan fingerprint density at radius 2 is 1.34 bits per heavy atom. The molecular weight excluding hydrogens is 628 g/mol. The third-order valence-electron chi connectivity index (χ3n) is 6.03. The number of hydrogen-bond acceptors (Lipinski definition) is 11. The summed E-state index contributed by atoms with van der Waals surface area (Å²) in [7, 11) is 0. The van der Waals surface area contributed by atoms with Crippen LogP contribution in [0.5, 0.6) is 0 Å². The van der Waals surface area contributed by atoms with Gasteiger partial charge in [0, 0.05) is 38.9 Å². The number of carbonyl (C=O) groups is 8. The number of aliphatic hydroxyl groups excluding tert-OH is 1. The maximum atomic E-state index is 12.9. The summed E-state index contributed by atoms with van der Waals surface area (Å²) in [6.07, 6.45) is -1.56. The Morgan fingerprint density at radius 3 is 1.89 bits per heavy atom. The molecule has 0 rings (SSSR count). The van der Waals surface area contributed by atoms with Gasteiger partial charge in [0.25, 0.3) is 0 Å². The Hall–Kier alpha value is -5.05. The lowest BCUT2D eigenvalue weighted by Gasteiger charge is -2.23. The number of aliphatic hydroxyl groups is 1. The number of carboxylic acid groups (broad SMARTS) is 2. The van der Waals surface area contributed by atoms with E-state index in [-0.39, 0.29) is 18.9 Å². The topological polar surface area (TPSA) is 360 Å². The summed E-state index contributed by atoms with van der Waals surface area (Å²) in [6.45, 7) is 1.17. The van der Waals surface area contributed by atoms with E-state index in [1.54, 1.807) is 0 Å². The fourth-order valence-electron chi connectivity index (χ4n) is 3.93. The van der Waals surface area contributed by atoms with E-state index in [1.165, 1.54) is 13.8 Å². The van der Waals surface area contributed by atoms with E-state index in [2.05, 4.69) is 36.9 Å². The number of carbonyl (C=O) groups excluding carboxylic acids is 6. The molecule has 0 aromatic heterocycles. The molecule has 6 amide bonds. The molecule has 266 valence electrons. The molecule has 0 unspecified atom stereocenters. The van der Waals surface area contributed by atoms with Gasteiger partial charge in [0.1, 0.15) is 6.04 Å². The standard InChI is InChI=1S/C26H46N10O11/c1-13(6-22(42)43)33-19(39)7-15(35-20(40)8-16(12-37)34-14(2)38)10-31-25(47)18(9-23(44)45)36-21(41)11-32-24(46)17(27)4-3-5-30-26(28)29/h13,15-18,37H,3-12,27H2,1-2H3,(H,31,47)(H,32,46)(H,33,39)(H,34,38)(H,35,40)(H,36,41)(H,42,43)(H,44,45)(H4,28,29,30)/t13-,15+,16+,17-,18-/m0/s1. The van der Waals surface area contributed by atoms with Crippen LogP contribution in [0.3, 0.4) is 0 Å². The largest absolute Gasteiger partial charge is 0.481 e. The van der Waals surface area contributed by atoms with Crippen molar-refractivity contribution in [2.24, 2.45) is 22.2 Å². The number of hydrogen-bond donors (Lipinski definition) is 12. The monoisotopic (exact) mass is 674 g/mol. The van der Waals surface area contributed by atoms with Gasteiger partial charge in [-0.1, -0.05) is 0 Å². The number of carboxylic acids is 2. The van der Waals surface area contributed by atoms with Crippen LogP contribution in [0.25, 0.3) is 0 Å². The zero-order chi connectivity index (χ0) is 36.1. The Labute approximate surface area is 270 Å². The quantitative estimate of drug-likeness (QED) is 0.0273. The molecule has 0 saturated heterocycles. The summed E-state index contributed by atoms with van der Waals surface area (Å²) in [4.78, 5) is 100. The third kappa shape index (κ3) is 21.3. The van der Waals surface area contributed by atoms with E-state index in [1.807, 2.05) is 0 Å². The first-order valence-electron chi connectivity index (χ1n) is 14.5. The van der Waals surface area contributed by atoms with Gasteiger partial charge >= 0.3 is 11.9 Å². The number of guanidine groups is 1. The second-order valence-corrected chi connectivity index (χ2v) is 10.6. The Bertz CT molecular complexity index is 1150. The maximum Gasteiger partial charge on any atom is 0.305 e. The first kappa shape index (κ1) is 41.9. The number of amides is 6. The van der Waals surface area contributed by atoms with E-state index < -0.39 is 123 Å². The molecule has 0 radical (unpaired) electrons. The third-order valence-corrected chi connectivity index (χ3v) is 6.03. The molecule has 0 saturated carbocycles. The van der Waals surface area contributed by atoms with Crippen LogP contribution in [0.1, 0.15) is 52.4 Å². The fraction of sp³-hybridized carbons (Fsp3) is 0.654. The normalized spacial score (nSPS) is 13.7. The van der Waals surface area contributed by atoms with Crippen molar-refractivity contribution in [3.8, 4) is 0 Å². The van der Waals surface area contributed by atoms with Gasteiger partial charge in [-0.15, -0.1) is 0 Å². The van der Waals surface area contributed by atoms with Gasteiger partial charge < -0.3 is 64.4 Å². The summed E-state index contributed by atoms with van der Waals surface area (Å²) in [6, 6.07) is -5.50. The molecule has 0 aliphatic rings. The maximum absolute atomic E-state index is 12.9. The molecule has 0 heterocycles. The van der Waals surface area contributed by atoms with E-state index in [9.17, 15) is 48.6 Å². The van der Waals surface area contributed by atoms with Gasteiger partial charge in [-0.3, -0.25) is 43.3 Å². The molecular formula is C26H46N10O11. The first-order valence-corrected chi connectivity index (χ1v) is 14.5. The second kappa shape index (κ2) is 22.5. The lowest BCUT2D eigenvalue weighted by molar-refractivity contribution is -0.141. The van der Waals surface area contributed by atoms with Crippen LogP contribution in [-0.4, -0.2) is 125 Å². The highest BCUT2D eigenvalue weighted by molar-refractivity contribution is 5.93.